The summed E-state index contributed by atoms with van der Waals surface area (Å²) in [6.07, 6.45) is 0. The van der Waals surface area contributed by atoms with Crippen molar-refractivity contribution in [2.45, 2.75) is 6.04 Å². The van der Waals surface area contributed by atoms with Gasteiger partial charge in [0.2, 0.25) is 0 Å². The number of ether oxygens (including phenoxy) is 1. The minimum atomic E-state index is 0.0220. The number of hydrogen-bond acceptors (Lipinski definition) is 4. The third kappa shape index (κ3) is 2.63. The Kier molecular flexibility index (Phi) is 3.98. The van der Waals surface area contributed by atoms with Gasteiger partial charge >= 0.3 is 6.03 Å². The van der Waals surface area contributed by atoms with Crippen LogP contribution >= 0.6 is 0 Å². The number of nitrogens with zero attached hydrogens (tertiary/aromatic N) is 2. The van der Waals surface area contributed by atoms with Crippen molar-refractivity contribution in [3.63, 3.8) is 0 Å². The van der Waals surface area contributed by atoms with Gasteiger partial charge in [-0.1, -0.05) is 0 Å². The van der Waals surface area contributed by atoms with E-state index in [1.165, 1.54) is 0 Å². The van der Waals surface area contributed by atoms with E-state index in [1.807, 2.05) is 4.90 Å². The lowest BCUT2D eigenvalue weighted by Gasteiger charge is -2.35. The molecule has 2 saturated heterocycles. The molecular weight excluding hydrogens is 210 g/mol. The fraction of sp³-hybridized carbons (Fsp3) is 0.900. The minimum absolute atomic E-state index is 0.0220. The van der Waals surface area contributed by atoms with E-state index in [9.17, 15) is 9.90 Å². The maximum Gasteiger partial charge on any atom is 0.317 e. The topological polar surface area (TPSA) is 65.0 Å². The number of nitrogens with one attached hydrogen (secondary N) is 1. The Morgan fingerprint density at radius 3 is 3.00 bits per heavy atom. The molecule has 0 saturated carbocycles. The molecule has 2 aliphatic heterocycles. The fourth-order valence-corrected chi connectivity index (χ4v) is 2.13. The normalized spacial score (nSPS) is 27.2. The zero-order chi connectivity index (χ0) is 11.4. The second kappa shape index (κ2) is 5.47. The molecule has 0 aromatic heterocycles. The monoisotopic (exact) mass is 229 g/mol. The molecule has 0 aliphatic carbocycles. The standard InChI is InChI=1S/C10H19N3O3/c14-7-9-8-16-6-5-12(9)3-4-13-2-1-11-10(13)15/h9,14H,1-8H2,(H,11,15). The Labute approximate surface area is 95.2 Å². The first kappa shape index (κ1) is 11.6. The third-order valence-corrected chi connectivity index (χ3v) is 3.16. The molecule has 0 spiro atoms. The molecule has 16 heavy (non-hydrogen) atoms. The van der Waals surface area contributed by atoms with Crippen LogP contribution in [0.4, 0.5) is 4.79 Å². The molecule has 2 fully saturated rings. The fourth-order valence-electron chi connectivity index (χ4n) is 2.13. The van der Waals surface area contributed by atoms with E-state index >= 15 is 0 Å². The number of morpholine rings is 1. The quantitative estimate of drug-likeness (QED) is 0.629. The first-order valence-corrected chi connectivity index (χ1v) is 5.76. The molecule has 2 amide bonds. The van der Waals surface area contributed by atoms with Crippen molar-refractivity contribution in [1.82, 2.24) is 15.1 Å². The molecule has 6 heteroatoms. The Morgan fingerprint density at radius 1 is 1.44 bits per heavy atom. The summed E-state index contributed by atoms with van der Waals surface area (Å²) in [6.45, 7) is 5.31. The molecule has 2 heterocycles. The van der Waals surface area contributed by atoms with Crippen molar-refractivity contribution in [1.29, 1.82) is 0 Å². The summed E-state index contributed by atoms with van der Waals surface area (Å²) in [6, 6.07) is 0.105. The van der Waals surface area contributed by atoms with Crippen LogP contribution in [0.1, 0.15) is 0 Å². The smallest absolute Gasteiger partial charge is 0.317 e. The predicted molar refractivity (Wildman–Crippen MR) is 58.2 cm³/mol. The van der Waals surface area contributed by atoms with Crippen molar-refractivity contribution >= 4 is 6.03 Å². The van der Waals surface area contributed by atoms with Crippen LogP contribution in [0, 0.1) is 0 Å². The van der Waals surface area contributed by atoms with Crippen LogP contribution in [0.25, 0.3) is 0 Å². The van der Waals surface area contributed by atoms with Crippen LogP contribution in [-0.4, -0.2) is 79.5 Å². The number of carbonyl (C=O) groups excluding carboxylic acids is 1. The summed E-state index contributed by atoms with van der Waals surface area (Å²) in [5, 5.41) is 12.0. The highest BCUT2D eigenvalue weighted by Gasteiger charge is 2.24. The van der Waals surface area contributed by atoms with E-state index in [4.69, 9.17) is 4.74 Å². The molecule has 1 unspecified atom stereocenters. The Balaban J connectivity index is 1.77. The molecule has 0 radical (unpaired) electrons. The highest BCUT2D eigenvalue weighted by molar-refractivity contribution is 5.76. The minimum Gasteiger partial charge on any atom is -0.395 e. The van der Waals surface area contributed by atoms with E-state index in [-0.39, 0.29) is 18.7 Å². The van der Waals surface area contributed by atoms with Gasteiger partial charge in [-0.05, 0) is 0 Å². The van der Waals surface area contributed by atoms with Crippen molar-refractivity contribution in [3.8, 4) is 0 Å². The first-order chi connectivity index (χ1) is 7.81. The van der Waals surface area contributed by atoms with Gasteiger partial charge in [-0.3, -0.25) is 4.90 Å². The SMILES string of the molecule is O=C1NCCN1CCN1CCOCC1CO. The van der Waals surface area contributed by atoms with Gasteiger partial charge in [0.15, 0.2) is 0 Å². The van der Waals surface area contributed by atoms with Crippen molar-refractivity contribution in [3.05, 3.63) is 0 Å². The lowest BCUT2D eigenvalue weighted by molar-refractivity contribution is -0.0287. The maximum atomic E-state index is 11.3. The van der Waals surface area contributed by atoms with E-state index in [2.05, 4.69) is 10.2 Å². The van der Waals surface area contributed by atoms with Gasteiger partial charge in [0.05, 0.1) is 25.9 Å². The summed E-state index contributed by atoms with van der Waals surface area (Å²) >= 11 is 0. The van der Waals surface area contributed by atoms with Gasteiger partial charge < -0.3 is 20.1 Å². The Bertz CT molecular complexity index is 249. The van der Waals surface area contributed by atoms with Crippen LogP contribution in [0.2, 0.25) is 0 Å². The lowest BCUT2D eigenvalue weighted by Crippen LogP contribution is -2.50. The number of aliphatic hydroxyl groups is 1. The second-order valence-corrected chi connectivity index (χ2v) is 4.17. The number of aliphatic hydroxyl groups excluding tert-OH is 1. The average Bonchev–Trinajstić information content (AvgIpc) is 2.72. The van der Waals surface area contributed by atoms with E-state index in [0.717, 1.165) is 32.7 Å². The third-order valence-electron chi connectivity index (χ3n) is 3.16. The van der Waals surface area contributed by atoms with Gasteiger partial charge in [-0.2, -0.15) is 0 Å². The van der Waals surface area contributed by atoms with Gasteiger partial charge in [0.25, 0.3) is 0 Å². The van der Waals surface area contributed by atoms with Gasteiger partial charge in [0, 0.05) is 32.7 Å². The molecule has 0 aromatic carbocycles. The van der Waals surface area contributed by atoms with Crippen LogP contribution in [0.3, 0.4) is 0 Å². The molecule has 1 atom stereocenters. The summed E-state index contributed by atoms with van der Waals surface area (Å²) in [5.41, 5.74) is 0. The molecule has 2 aliphatic rings. The van der Waals surface area contributed by atoms with Gasteiger partial charge in [-0.25, -0.2) is 4.79 Å². The summed E-state index contributed by atoms with van der Waals surface area (Å²) in [5.74, 6) is 0. The molecule has 2 N–H and O–H groups in total. The summed E-state index contributed by atoms with van der Waals surface area (Å²) < 4.78 is 5.30. The number of amides is 2. The first-order valence-electron chi connectivity index (χ1n) is 5.76. The van der Waals surface area contributed by atoms with Crippen molar-refractivity contribution in [2.24, 2.45) is 0 Å². The molecule has 92 valence electrons. The second-order valence-electron chi connectivity index (χ2n) is 4.17. The highest BCUT2D eigenvalue weighted by atomic mass is 16.5. The Morgan fingerprint density at radius 2 is 2.31 bits per heavy atom. The van der Waals surface area contributed by atoms with Crippen LogP contribution in [0.15, 0.2) is 0 Å². The van der Waals surface area contributed by atoms with Crippen LogP contribution in [-0.2, 0) is 4.74 Å². The zero-order valence-corrected chi connectivity index (χ0v) is 9.39. The average molecular weight is 229 g/mol. The molecule has 2 rings (SSSR count). The van der Waals surface area contributed by atoms with E-state index in [1.54, 1.807) is 0 Å². The maximum absolute atomic E-state index is 11.3. The molecule has 0 bridgehead atoms. The van der Waals surface area contributed by atoms with E-state index < -0.39 is 0 Å². The Hall–Kier alpha value is -0.850. The van der Waals surface area contributed by atoms with Crippen LogP contribution < -0.4 is 5.32 Å². The van der Waals surface area contributed by atoms with E-state index in [0.29, 0.717) is 13.2 Å². The highest BCUT2D eigenvalue weighted by Crippen LogP contribution is 2.07. The summed E-state index contributed by atoms with van der Waals surface area (Å²) in [4.78, 5) is 15.3. The largest absolute Gasteiger partial charge is 0.395 e. The van der Waals surface area contributed by atoms with Crippen LogP contribution in [0.5, 0.6) is 0 Å². The number of hydrogen-bond donors (Lipinski definition) is 2. The molecule has 0 aromatic rings. The van der Waals surface area contributed by atoms with Gasteiger partial charge in [-0.15, -0.1) is 0 Å². The number of rotatable bonds is 4. The molecular formula is C10H19N3O3. The van der Waals surface area contributed by atoms with Crippen molar-refractivity contribution < 1.29 is 14.6 Å². The van der Waals surface area contributed by atoms with Crippen molar-refractivity contribution in [2.75, 3.05) is 52.5 Å². The zero-order valence-electron chi connectivity index (χ0n) is 9.39. The lowest BCUT2D eigenvalue weighted by atomic mass is 10.2. The summed E-state index contributed by atoms with van der Waals surface area (Å²) in [7, 11) is 0. The van der Waals surface area contributed by atoms with Gasteiger partial charge in [0.1, 0.15) is 0 Å². The molecule has 6 nitrogen and oxygen atoms in total. The number of urea groups is 1. The predicted octanol–water partition coefficient (Wildman–Crippen LogP) is -1.30. The number of carbonyl (C=O) groups is 1.